The van der Waals surface area contributed by atoms with E-state index in [0.717, 1.165) is 28.2 Å². The van der Waals surface area contributed by atoms with Crippen LogP contribution in [0.15, 0.2) is 39.2 Å². The number of hydrogen-bond donors (Lipinski definition) is 1. The Morgan fingerprint density at radius 3 is 2.62 bits per heavy atom. The van der Waals surface area contributed by atoms with Gasteiger partial charge in [0.25, 0.3) is 0 Å². The molecule has 0 aliphatic rings. The van der Waals surface area contributed by atoms with Crippen molar-refractivity contribution < 1.29 is 4.42 Å². The Hall–Kier alpha value is -1.22. The highest BCUT2D eigenvalue weighted by Crippen LogP contribution is 2.23. The predicted octanol–water partition coefficient (Wildman–Crippen LogP) is 4.27. The lowest BCUT2D eigenvalue weighted by Crippen LogP contribution is -1.99. The maximum absolute atomic E-state index is 5.48. The number of furan rings is 1. The van der Waals surface area contributed by atoms with Gasteiger partial charge in [-0.25, -0.2) is 0 Å². The van der Waals surface area contributed by atoms with Gasteiger partial charge >= 0.3 is 0 Å². The van der Waals surface area contributed by atoms with Gasteiger partial charge in [-0.15, -0.1) is 0 Å². The van der Waals surface area contributed by atoms with Crippen LogP contribution in [0.1, 0.15) is 17.1 Å². The van der Waals surface area contributed by atoms with E-state index >= 15 is 0 Å². The van der Waals surface area contributed by atoms with E-state index in [9.17, 15) is 0 Å². The summed E-state index contributed by atoms with van der Waals surface area (Å²) >= 11 is 3.51. The number of para-hydroxylation sites is 1. The fourth-order valence-electron chi connectivity index (χ4n) is 1.65. The van der Waals surface area contributed by atoms with E-state index in [1.165, 1.54) is 5.56 Å². The zero-order chi connectivity index (χ0) is 11.5. The lowest BCUT2D eigenvalue weighted by molar-refractivity contribution is 0.501. The fourth-order valence-corrected chi connectivity index (χ4v) is 2.08. The van der Waals surface area contributed by atoms with E-state index in [-0.39, 0.29) is 0 Å². The minimum Gasteiger partial charge on any atom is -0.466 e. The third-order valence-electron chi connectivity index (χ3n) is 2.49. The Bertz CT molecular complexity index is 490. The van der Waals surface area contributed by atoms with Crippen LogP contribution in [0.2, 0.25) is 0 Å². The highest BCUT2D eigenvalue weighted by Gasteiger charge is 2.04. The smallest absolute Gasteiger partial charge is 0.106 e. The number of aryl methyl sites for hydroxylation is 2. The van der Waals surface area contributed by atoms with Crippen LogP contribution in [0.3, 0.4) is 0 Å². The van der Waals surface area contributed by atoms with Crippen LogP contribution in [0, 0.1) is 13.8 Å². The summed E-state index contributed by atoms with van der Waals surface area (Å²) in [5.74, 6) is 1.94. The normalized spacial score (nSPS) is 10.4. The Balaban J connectivity index is 2.08. The molecule has 2 nitrogen and oxygen atoms in total. The molecule has 0 aliphatic heterocycles. The summed E-state index contributed by atoms with van der Waals surface area (Å²) in [5.41, 5.74) is 2.30. The van der Waals surface area contributed by atoms with Crippen molar-refractivity contribution in [1.82, 2.24) is 0 Å². The van der Waals surface area contributed by atoms with Gasteiger partial charge in [0.1, 0.15) is 11.5 Å². The second-order valence-electron chi connectivity index (χ2n) is 3.77. The Morgan fingerprint density at radius 1 is 1.25 bits per heavy atom. The molecule has 0 bridgehead atoms. The molecule has 0 amide bonds. The van der Waals surface area contributed by atoms with Crippen LogP contribution in [0.4, 0.5) is 5.69 Å². The van der Waals surface area contributed by atoms with Crippen molar-refractivity contribution in [2.24, 2.45) is 0 Å². The molecule has 0 fully saturated rings. The molecule has 3 heteroatoms. The van der Waals surface area contributed by atoms with Crippen molar-refractivity contribution in [2.45, 2.75) is 20.4 Å². The number of benzene rings is 1. The van der Waals surface area contributed by atoms with E-state index in [0.29, 0.717) is 0 Å². The Kier molecular flexibility index (Phi) is 3.34. The average Bonchev–Trinajstić information content (AvgIpc) is 2.56. The molecule has 2 aromatic rings. The number of halogens is 1. The third kappa shape index (κ3) is 2.47. The molecular formula is C13H14BrNO. The zero-order valence-electron chi connectivity index (χ0n) is 9.38. The van der Waals surface area contributed by atoms with Crippen molar-refractivity contribution in [3.05, 3.63) is 51.9 Å². The van der Waals surface area contributed by atoms with Crippen LogP contribution < -0.4 is 5.32 Å². The summed E-state index contributed by atoms with van der Waals surface area (Å²) in [6.45, 7) is 4.74. The van der Waals surface area contributed by atoms with Crippen LogP contribution in [-0.4, -0.2) is 0 Å². The second kappa shape index (κ2) is 4.74. The number of hydrogen-bond acceptors (Lipinski definition) is 2. The molecule has 1 heterocycles. The third-order valence-corrected chi connectivity index (χ3v) is 3.18. The summed E-state index contributed by atoms with van der Waals surface area (Å²) in [7, 11) is 0. The molecule has 84 valence electrons. The molecule has 0 saturated carbocycles. The van der Waals surface area contributed by atoms with Gasteiger partial charge in [-0.1, -0.05) is 12.1 Å². The van der Waals surface area contributed by atoms with E-state index in [4.69, 9.17) is 4.42 Å². The molecule has 1 aromatic carbocycles. The van der Waals surface area contributed by atoms with Gasteiger partial charge in [0.15, 0.2) is 0 Å². The summed E-state index contributed by atoms with van der Waals surface area (Å²) in [5, 5.41) is 3.38. The molecule has 16 heavy (non-hydrogen) atoms. The largest absolute Gasteiger partial charge is 0.466 e. The predicted molar refractivity (Wildman–Crippen MR) is 69.7 cm³/mol. The Labute approximate surface area is 104 Å². The number of anilines is 1. The van der Waals surface area contributed by atoms with Gasteiger partial charge in [-0.05, 0) is 48.0 Å². The van der Waals surface area contributed by atoms with E-state index in [1.54, 1.807) is 0 Å². The molecule has 0 unspecified atom stereocenters. The fraction of sp³-hybridized carbons (Fsp3) is 0.231. The molecule has 0 spiro atoms. The maximum Gasteiger partial charge on any atom is 0.106 e. The topological polar surface area (TPSA) is 25.2 Å². The van der Waals surface area contributed by atoms with Crippen molar-refractivity contribution in [1.29, 1.82) is 0 Å². The standard InChI is InChI=1S/C13H14BrNO/c1-9-7-11(10(2)16-9)8-15-13-6-4-3-5-12(13)14/h3-7,15H,8H2,1-2H3. The van der Waals surface area contributed by atoms with Gasteiger partial charge in [0.2, 0.25) is 0 Å². The van der Waals surface area contributed by atoms with Gasteiger partial charge in [-0.2, -0.15) is 0 Å². The maximum atomic E-state index is 5.48. The number of rotatable bonds is 3. The van der Waals surface area contributed by atoms with Crippen molar-refractivity contribution in [3.8, 4) is 0 Å². The van der Waals surface area contributed by atoms with E-state index in [2.05, 4.69) is 27.3 Å². The first-order valence-electron chi connectivity index (χ1n) is 5.21. The molecule has 1 aromatic heterocycles. The van der Waals surface area contributed by atoms with Gasteiger partial charge in [-0.3, -0.25) is 0 Å². The minimum atomic E-state index is 0.784. The van der Waals surface area contributed by atoms with Gasteiger partial charge in [0, 0.05) is 22.3 Å². The molecule has 1 N–H and O–H groups in total. The van der Waals surface area contributed by atoms with Crippen molar-refractivity contribution in [3.63, 3.8) is 0 Å². The second-order valence-corrected chi connectivity index (χ2v) is 4.63. The number of nitrogens with one attached hydrogen (secondary N) is 1. The van der Waals surface area contributed by atoms with Crippen LogP contribution in [0.25, 0.3) is 0 Å². The molecule has 0 aliphatic carbocycles. The van der Waals surface area contributed by atoms with Gasteiger partial charge < -0.3 is 9.73 Å². The highest BCUT2D eigenvalue weighted by atomic mass is 79.9. The van der Waals surface area contributed by atoms with E-state index in [1.807, 2.05) is 38.1 Å². The first kappa shape index (κ1) is 11.3. The first-order chi connectivity index (χ1) is 7.66. The SMILES string of the molecule is Cc1cc(CNc2ccccc2Br)c(C)o1. The van der Waals surface area contributed by atoms with Crippen LogP contribution >= 0.6 is 15.9 Å². The quantitative estimate of drug-likeness (QED) is 0.908. The summed E-state index contributed by atoms with van der Waals surface area (Å²) in [6, 6.07) is 10.2. The first-order valence-corrected chi connectivity index (χ1v) is 6.00. The summed E-state index contributed by atoms with van der Waals surface area (Å²) in [6.07, 6.45) is 0. The molecule has 2 rings (SSSR count). The summed E-state index contributed by atoms with van der Waals surface area (Å²) in [4.78, 5) is 0. The van der Waals surface area contributed by atoms with Crippen molar-refractivity contribution >= 4 is 21.6 Å². The van der Waals surface area contributed by atoms with Crippen LogP contribution in [-0.2, 0) is 6.54 Å². The average molecular weight is 280 g/mol. The lowest BCUT2D eigenvalue weighted by Gasteiger charge is -2.07. The van der Waals surface area contributed by atoms with E-state index < -0.39 is 0 Å². The monoisotopic (exact) mass is 279 g/mol. The highest BCUT2D eigenvalue weighted by molar-refractivity contribution is 9.10. The zero-order valence-corrected chi connectivity index (χ0v) is 11.0. The van der Waals surface area contributed by atoms with Crippen molar-refractivity contribution in [2.75, 3.05) is 5.32 Å². The molecule has 0 saturated heterocycles. The molecule has 0 atom stereocenters. The Morgan fingerprint density at radius 2 is 2.00 bits per heavy atom. The van der Waals surface area contributed by atoms with Gasteiger partial charge in [0.05, 0.1) is 0 Å². The molecule has 0 radical (unpaired) electrons. The van der Waals surface area contributed by atoms with Crippen LogP contribution in [0.5, 0.6) is 0 Å². The summed E-state index contributed by atoms with van der Waals surface area (Å²) < 4.78 is 6.56. The minimum absolute atomic E-state index is 0.784. The molecular weight excluding hydrogens is 266 g/mol. The lowest BCUT2D eigenvalue weighted by atomic mass is 10.2.